The van der Waals surface area contributed by atoms with E-state index in [0.717, 1.165) is 12.0 Å². The molecule has 0 spiro atoms. The molecule has 2 saturated carbocycles. The van der Waals surface area contributed by atoms with Gasteiger partial charge in [0, 0.05) is 12.5 Å². The van der Waals surface area contributed by atoms with E-state index in [1.165, 1.54) is 6.08 Å². The predicted molar refractivity (Wildman–Crippen MR) is 131 cm³/mol. The average Bonchev–Trinajstić information content (AvgIpc) is 3.21. The summed E-state index contributed by atoms with van der Waals surface area (Å²) in [4.78, 5) is 27.0. The Morgan fingerprint density at radius 2 is 1.88 bits per heavy atom. The van der Waals surface area contributed by atoms with Gasteiger partial charge in [0.1, 0.15) is 0 Å². The van der Waals surface area contributed by atoms with Gasteiger partial charge in [-0.05, 0) is 65.7 Å². The number of hydrogen-bond donors (Lipinski definition) is 2. The molecule has 0 aromatic heterocycles. The normalized spacial score (nSPS) is 37.4. The molecule has 7 unspecified atom stereocenters. The van der Waals surface area contributed by atoms with Crippen molar-refractivity contribution < 1.29 is 24.5 Å². The summed E-state index contributed by atoms with van der Waals surface area (Å²) in [6, 6.07) is 9.34. The van der Waals surface area contributed by atoms with Gasteiger partial charge in [0.05, 0.1) is 18.1 Å². The van der Waals surface area contributed by atoms with Crippen LogP contribution in [0, 0.1) is 29.1 Å². The molecule has 0 bridgehead atoms. The molecule has 3 aliphatic carbocycles. The van der Waals surface area contributed by atoms with Crippen molar-refractivity contribution in [3.63, 3.8) is 0 Å². The van der Waals surface area contributed by atoms with Crippen molar-refractivity contribution in [1.29, 1.82) is 0 Å². The smallest absolute Gasteiger partial charge is 0.331 e. The van der Waals surface area contributed by atoms with Crippen LogP contribution in [0.5, 0.6) is 0 Å². The van der Waals surface area contributed by atoms with Crippen LogP contribution in [0.2, 0.25) is 0 Å². The third-order valence-electron chi connectivity index (χ3n) is 8.45. The summed E-state index contributed by atoms with van der Waals surface area (Å²) in [5, 5.41) is 22.4. The molecule has 0 amide bonds. The van der Waals surface area contributed by atoms with E-state index in [1.54, 1.807) is 13.0 Å². The highest BCUT2D eigenvalue weighted by molar-refractivity contribution is 6.04. The number of ether oxygens (including phenoxy) is 1. The average molecular weight is 465 g/mol. The molecule has 0 saturated heterocycles. The summed E-state index contributed by atoms with van der Waals surface area (Å²) >= 11 is 0. The van der Waals surface area contributed by atoms with Gasteiger partial charge in [-0.1, -0.05) is 63.8 Å². The van der Waals surface area contributed by atoms with Crippen LogP contribution < -0.4 is 0 Å². The van der Waals surface area contributed by atoms with E-state index in [4.69, 9.17) is 4.74 Å². The highest BCUT2D eigenvalue weighted by Crippen LogP contribution is 2.62. The molecule has 0 aliphatic heterocycles. The van der Waals surface area contributed by atoms with Gasteiger partial charge in [0.2, 0.25) is 5.78 Å². The molecule has 1 aromatic carbocycles. The molecule has 3 aliphatic rings. The fourth-order valence-corrected chi connectivity index (χ4v) is 6.24. The number of esters is 1. The number of Topliss-reactive ketones (excluding diaryl/α,β-unsaturated/α-hetero) is 1. The lowest BCUT2D eigenvalue weighted by molar-refractivity contribution is -0.172. The summed E-state index contributed by atoms with van der Waals surface area (Å²) in [7, 11) is 0. The Morgan fingerprint density at radius 1 is 1.21 bits per heavy atom. The zero-order chi connectivity index (χ0) is 24.8. The maximum atomic E-state index is 14.0. The number of rotatable bonds is 3. The number of aliphatic hydroxyl groups excluding tert-OH is 2. The van der Waals surface area contributed by atoms with Crippen molar-refractivity contribution in [2.45, 2.75) is 64.8 Å². The summed E-state index contributed by atoms with van der Waals surface area (Å²) in [5.41, 5.74) is 0.335. The van der Waals surface area contributed by atoms with Gasteiger partial charge in [0.15, 0.2) is 5.60 Å². The van der Waals surface area contributed by atoms with Gasteiger partial charge < -0.3 is 14.9 Å². The Hall–Kier alpha value is -2.50. The van der Waals surface area contributed by atoms with Gasteiger partial charge in [-0.15, -0.1) is 0 Å². The second-order valence-electron chi connectivity index (χ2n) is 11.0. The number of aliphatic hydroxyl groups is 2. The van der Waals surface area contributed by atoms with E-state index >= 15 is 0 Å². The number of fused-ring (bicyclic) bond motifs is 2. The maximum absolute atomic E-state index is 14.0. The number of ketones is 1. The highest BCUT2D eigenvalue weighted by Gasteiger charge is 2.63. The van der Waals surface area contributed by atoms with E-state index < -0.39 is 29.7 Å². The van der Waals surface area contributed by atoms with Crippen LogP contribution in [0.15, 0.2) is 60.2 Å². The summed E-state index contributed by atoms with van der Waals surface area (Å²) in [6.45, 7) is 12.1. The minimum atomic E-state index is -1.65. The lowest BCUT2D eigenvalue weighted by Gasteiger charge is -2.37. The summed E-state index contributed by atoms with van der Waals surface area (Å²) < 4.78 is 5.96. The van der Waals surface area contributed by atoms with E-state index in [0.29, 0.717) is 23.5 Å². The zero-order valence-electron chi connectivity index (χ0n) is 20.5. The monoisotopic (exact) mass is 464 g/mol. The molecule has 2 N–H and O–H groups in total. The molecular formula is C29H36O5. The molecule has 5 heteroatoms. The Balaban J connectivity index is 1.74. The number of carbonyl (C=O) groups excluding carboxylic acids is 2. The largest absolute Gasteiger partial charge is 0.447 e. The van der Waals surface area contributed by atoms with E-state index in [2.05, 4.69) is 20.4 Å². The maximum Gasteiger partial charge on any atom is 0.331 e. The number of hydrogen-bond acceptors (Lipinski definition) is 5. The minimum absolute atomic E-state index is 0.0656. The molecule has 4 rings (SSSR count). The Morgan fingerprint density at radius 3 is 2.56 bits per heavy atom. The highest BCUT2D eigenvalue weighted by atomic mass is 16.6. The fourth-order valence-electron chi connectivity index (χ4n) is 6.24. The van der Waals surface area contributed by atoms with Crippen molar-refractivity contribution in [3.8, 4) is 0 Å². The first-order valence-electron chi connectivity index (χ1n) is 12.2. The topological polar surface area (TPSA) is 83.8 Å². The standard InChI is InChI=1S/C29H36O5/c1-17-11-13-21-22(28(21,4)5)15-18(2)27(33)29(16-19(3)26(32)24(29)25(17)31)34-23(30)14-12-20-9-7-6-8-10-20/h6-10,12,14-15,19,21-22,24-26,31-32H,1,11,13,16H2,2-5H3. The second kappa shape index (κ2) is 8.94. The zero-order valence-corrected chi connectivity index (χ0v) is 20.5. The molecule has 0 heterocycles. The molecule has 0 radical (unpaired) electrons. The van der Waals surface area contributed by atoms with Crippen molar-refractivity contribution in [2.75, 3.05) is 0 Å². The van der Waals surface area contributed by atoms with Gasteiger partial charge in [-0.2, -0.15) is 0 Å². The van der Waals surface area contributed by atoms with Gasteiger partial charge in [0.25, 0.3) is 0 Å². The van der Waals surface area contributed by atoms with Gasteiger partial charge in [-0.25, -0.2) is 4.79 Å². The predicted octanol–water partition coefficient (Wildman–Crippen LogP) is 4.50. The first kappa shape index (κ1) is 24.6. The molecular weight excluding hydrogens is 428 g/mol. The van der Waals surface area contributed by atoms with Crippen molar-refractivity contribution in [1.82, 2.24) is 0 Å². The van der Waals surface area contributed by atoms with Crippen LogP contribution in [0.3, 0.4) is 0 Å². The summed E-state index contributed by atoms with van der Waals surface area (Å²) in [6.07, 6.45) is 4.40. The van der Waals surface area contributed by atoms with Gasteiger partial charge >= 0.3 is 5.97 Å². The third-order valence-corrected chi connectivity index (χ3v) is 8.45. The summed E-state index contributed by atoms with van der Waals surface area (Å²) in [5.74, 6) is -1.67. The first-order chi connectivity index (χ1) is 16.0. The quantitative estimate of drug-likeness (QED) is 0.391. The van der Waals surface area contributed by atoms with Crippen LogP contribution in [-0.2, 0) is 14.3 Å². The Labute approximate surface area is 202 Å². The Kier molecular flexibility index (Phi) is 6.47. The van der Waals surface area contributed by atoms with Gasteiger partial charge in [-0.3, -0.25) is 4.79 Å². The van der Waals surface area contributed by atoms with Crippen molar-refractivity contribution in [2.24, 2.45) is 29.1 Å². The number of allylic oxidation sites excluding steroid dienone is 1. The molecule has 2 fully saturated rings. The molecule has 5 nitrogen and oxygen atoms in total. The molecule has 182 valence electrons. The third kappa shape index (κ3) is 4.20. The molecule has 1 aromatic rings. The van der Waals surface area contributed by atoms with E-state index in [1.807, 2.05) is 43.3 Å². The number of carbonyl (C=O) groups is 2. The first-order valence-corrected chi connectivity index (χ1v) is 12.2. The Bertz CT molecular complexity index is 1040. The van der Waals surface area contributed by atoms with E-state index in [9.17, 15) is 19.8 Å². The lowest BCUT2D eigenvalue weighted by Crippen LogP contribution is -2.53. The van der Waals surface area contributed by atoms with Crippen LogP contribution in [0.1, 0.15) is 52.5 Å². The van der Waals surface area contributed by atoms with Crippen LogP contribution >= 0.6 is 0 Å². The SMILES string of the molecule is C=C1CCC2C(C=C(C)C(=O)C3(OC(=O)C=Cc4ccccc4)CC(C)C(O)C3C1O)C2(C)C. The molecule has 7 atom stereocenters. The number of benzene rings is 1. The minimum Gasteiger partial charge on any atom is -0.447 e. The van der Waals surface area contributed by atoms with Crippen molar-refractivity contribution >= 4 is 17.8 Å². The van der Waals surface area contributed by atoms with Crippen molar-refractivity contribution in [3.05, 3.63) is 65.8 Å². The van der Waals surface area contributed by atoms with E-state index in [-0.39, 0.29) is 29.5 Å². The fraction of sp³-hybridized carbons (Fsp3) is 0.517. The van der Waals surface area contributed by atoms with Crippen LogP contribution in [-0.4, -0.2) is 39.8 Å². The second-order valence-corrected chi connectivity index (χ2v) is 11.0. The lowest BCUT2D eigenvalue weighted by atomic mass is 9.77. The van der Waals surface area contributed by atoms with Crippen LogP contribution in [0.4, 0.5) is 0 Å². The van der Waals surface area contributed by atoms with Crippen LogP contribution in [0.25, 0.3) is 6.08 Å². The molecule has 34 heavy (non-hydrogen) atoms.